The number of ketones is 1. The van der Waals surface area contributed by atoms with Gasteiger partial charge in [-0.05, 0) is 18.2 Å². The van der Waals surface area contributed by atoms with E-state index in [4.69, 9.17) is 0 Å². The molecule has 0 atom stereocenters. The molecule has 3 heterocycles. The zero-order valence-corrected chi connectivity index (χ0v) is 15.2. The highest BCUT2D eigenvalue weighted by atomic mass is 16.1. The molecule has 0 fully saturated rings. The molecule has 0 aromatic carbocycles. The lowest BCUT2D eigenvalue weighted by Gasteiger charge is -2.01. The van der Waals surface area contributed by atoms with Crippen LogP contribution in [-0.2, 0) is 0 Å². The molecule has 27 heavy (non-hydrogen) atoms. The number of carbonyl (C=O) groups excluding carboxylic acids is 1. The third-order valence-electron chi connectivity index (χ3n) is 2.75. The summed E-state index contributed by atoms with van der Waals surface area (Å²) in [5.41, 5.74) is 0.880. The Bertz CT molecular complexity index is 746. The number of nitrogens with two attached hydrogens (primary N) is 2. The first-order valence-electron chi connectivity index (χ1n) is 7.64. The number of aliphatic imine (C=N–C) groups is 1. The molecule has 0 aliphatic carbocycles. The molecule has 1 aliphatic heterocycles. The first kappa shape index (κ1) is 23.7. The molecule has 144 valence electrons. The Morgan fingerprint density at radius 3 is 2.07 bits per heavy atom. The van der Waals surface area contributed by atoms with E-state index >= 15 is 0 Å². The normalized spacial score (nSPS) is 11.3. The van der Waals surface area contributed by atoms with Crippen LogP contribution in [0.15, 0.2) is 66.3 Å². The topological polar surface area (TPSA) is 168 Å². The summed E-state index contributed by atoms with van der Waals surface area (Å²) in [5, 5.41) is 0. The van der Waals surface area contributed by atoms with Gasteiger partial charge in [0, 0.05) is 51.2 Å². The molecular weight excluding hydrogens is 348 g/mol. The summed E-state index contributed by atoms with van der Waals surface area (Å²) < 4.78 is 0. The van der Waals surface area contributed by atoms with Crippen LogP contribution >= 0.6 is 0 Å². The van der Waals surface area contributed by atoms with Gasteiger partial charge in [-0.25, -0.2) is 19.9 Å². The molecule has 0 saturated heterocycles. The van der Waals surface area contributed by atoms with Crippen LogP contribution in [0, 0.1) is 0 Å². The van der Waals surface area contributed by atoms with Gasteiger partial charge in [0.05, 0.1) is 6.54 Å². The second-order valence-electron chi connectivity index (χ2n) is 4.92. The number of hydrazine groups is 1. The predicted octanol–water partition coefficient (Wildman–Crippen LogP) is -0.436. The number of allylic oxidation sites excluding steroid dienone is 2. The molecule has 0 amide bonds. The molecule has 3 rings (SSSR count). The molecular formula is C17H24N8O2. The fraction of sp³-hybridized carbons (Fsp3) is 0.176. The van der Waals surface area contributed by atoms with Gasteiger partial charge in [0.15, 0.2) is 11.6 Å². The average Bonchev–Trinajstić information content (AvgIpc) is 3.24. The van der Waals surface area contributed by atoms with E-state index in [1.54, 1.807) is 48.0 Å². The van der Waals surface area contributed by atoms with E-state index in [0.717, 1.165) is 12.3 Å². The molecule has 10 heteroatoms. The first-order valence-corrected chi connectivity index (χ1v) is 7.64. The number of rotatable bonds is 4. The highest BCUT2D eigenvalue weighted by Crippen LogP contribution is 1.99. The van der Waals surface area contributed by atoms with Crippen LogP contribution in [0.3, 0.4) is 0 Å². The average molecular weight is 372 g/mol. The van der Waals surface area contributed by atoms with E-state index in [1.165, 1.54) is 6.08 Å². The summed E-state index contributed by atoms with van der Waals surface area (Å²) in [6.45, 7) is 0.758. The van der Waals surface area contributed by atoms with Crippen molar-refractivity contribution in [3.63, 3.8) is 0 Å². The van der Waals surface area contributed by atoms with E-state index in [2.05, 4.69) is 36.6 Å². The van der Waals surface area contributed by atoms with Gasteiger partial charge in [0.25, 0.3) is 0 Å². The quantitative estimate of drug-likeness (QED) is 0.315. The molecule has 0 unspecified atom stereocenters. The fourth-order valence-corrected chi connectivity index (χ4v) is 1.66. The maximum absolute atomic E-state index is 11.3. The number of hydrogen-bond donors (Lipinski definition) is 2. The lowest BCUT2D eigenvalue weighted by molar-refractivity contribution is 0.103. The Morgan fingerprint density at radius 2 is 1.59 bits per heavy atom. The lowest BCUT2D eigenvalue weighted by Crippen LogP contribution is -2.05. The van der Waals surface area contributed by atoms with E-state index in [9.17, 15) is 4.79 Å². The summed E-state index contributed by atoms with van der Waals surface area (Å²) in [6, 6.07) is 3.47. The molecule has 6 N–H and O–H groups in total. The van der Waals surface area contributed by atoms with Gasteiger partial charge in [-0.1, -0.05) is 6.08 Å². The minimum absolute atomic E-state index is 0. The Kier molecular flexibility index (Phi) is 12.2. The van der Waals surface area contributed by atoms with Crippen molar-refractivity contribution in [3.05, 3.63) is 73.0 Å². The van der Waals surface area contributed by atoms with E-state index in [1.807, 2.05) is 26.2 Å². The van der Waals surface area contributed by atoms with Crippen LogP contribution < -0.4 is 11.7 Å². The van der Waals surface area contributed by atoms with E-state index in [0.29, 0.717) is 5.82 Å². The summed E-state index contributed by atoms with van der Waals surface area (Å²) in [7, 11) is 3.69. The monoisotopic (exact) mass is 372 g/mol. The van der Waals surface area contributed by atoms with Crippen molar-refractivity contribution in [2.45, 2.75) is 0 Å². The van der Waals surface area contributed by atoms with E-state index < -0.39 is 0 Å². The molecule has 1 aliphatic rings. The molecule has 0 bridgehead atoms. The standard InChI is InChI=1S/C9H11N3O.C8H7N3.H4N2.H2O/c1-12(2)7-4-8(13)9-10-5-3-6-11-9;1-3-7(9-4-1)8-10-5-2-6-11-8;1-2;/h3-7H,1-2H3;1-3,5-6H,4H2;1-2H2;1H2/b7-4+;;;. The zero-order chi connectivity index (χ0) is 19.2. The van der Waals surface area contributed by atoms with Crippen LogP contribution in [0.1, 0.15) is 16.4 Å². The first-order chi connectivity index (χ1) is 12.7. The van der Waals surface area contributed by atoms with Crippen molar-refractivity contribution >= 4 is 11.5 Å². The van der Waals surface area contributed by atoms with Crippen molar-refractivity contribution in [1.82, 2.24) is 24.8 Å². The highest BCUT2D eigenvalue weighted by Gasteiger charge is 2.04. The summed E-state index contributed by atoms with van der Waals surface area (Å²) in [6.07, 6.45) is 13.6. The third kappa shape index (κ3) is 9.07. The number of nitrogens with zero attached hydrogens (tertiary/aromatic N) is 6. The summed E-state index contributed by atoms with van der Waals surface area (Å²) in [4.78, 5) is 33.1. The van der Waals surface area contributed by atoms with Crippen molar-refractivity contribution in [3.8, 4) is 0 Å². The van der Waals surface area contributed by atoms with Crippen molar-refractivity contribution in [1.29, 1.82) is 0 Å². The summed E-state index contributed by atoms with van der Waals surface area (Å²) in [5.74, 6) is 8.75. The second kappa shape index (κ2) is 13.9. The smallest absolute Gasteiger partial charge is 0.224 e. The fourth-order valence-electron chi connectivity index (χ4n) is 1.66. The molecule has 0 spiro atoms. The van der Waals surface area contributed by atoms with Crippen LogP contribution in [0.5, 0.6) is 0 Å². The predicted molar refractivity (Wildman–Crippen MR) is 104 cm³/mol. The van der Waals surface area contributed by atoms with Gasteiger partial charge in [-0.15, -0.1) is 0 Å². The number of carbonyl (C=O) groups is 1. The maximum Gasteiger partial charge on any atom is 0.224 e. The number of aromatic nitrogens is 4. The minimum atomic E-state index is -0.186. The molecule has 0 saturated carbocycles. The Hall–Kier alpha value is -3.34. The van der Waals surface area contributed by atoms with Crippen molar-refractivity contribution < 1.29 is 10.3 Å². The van der Waals surface area contributed by atoms with Crippen LogP contribution in [0.4, 0.5) is 0 Å². The van der Waals surface area contributed by atoms with Gasteiger partial charge < -0.3 is 10.4 Å². The Labute approximate surface area is 157 Å². The van der Waals surface area contributed by atoms with Crippen molar-refractivity contribution in [2.24, 2.45) is 16.7 Å². The van der Waals surface area contributed by atoms with Crippen LogP contribution in [-0.4, -0.2) is 62.4 Å². The van der Waals surface area contributed by atoms with Crippen molar-refractivity contribution in [2.75, 3.05) is 20.6 Å². The van der Waals surface area contributed by atoms with E-state index in [-0.39, 0.29) is 17.1 Å². The SMILES string of the molecule is C1=CC(c2ncccn2)=NC1.CN(C)/C=C/C(=O)c1ncccn1.NN.O. The Morgan fingerprint density at radius 1 is 1.04 bits per heavy atom. The second-order valence-corrected chi connectivity index (χ2v) is 4.92. The molecule has 10 nitrogen and oxygen atoms in total. The van der Waals surface area contributed by atoms with Gasteiger partial charge in [0.1, 0.15) is 5.71 Å². The van der Waals surface area contributed by atoms with Crippen LogP contribution in [0.2, 0.25) is 0 Å². The highest BCUT2D eigenvalue weighted by molar-refractivity contribution is 6.07. The molecule has 2 aromatic rings. The zero-order valence-electron chi connectivity index (χ0n) is 15.2. The van der Waals surface area contributed by atoms with Gasteiger partial charge >= 0.3 is 0 Å². The minimum Gasteiger partial charge on any atom is -0.412 e. The Balaban J connectivity index is 0.000000447. The third-order valence-corrected chi connectivity index (χ3v) is 2.75. The maximum atomic E-state index is 11.3. The number of hydrogen-bond acceptors (Lipinski definition) is 9. The molecule has 0 radical (unpaired) electrons. The van der Waals surface area contributed by atoms with Gasteiger partial charge in [-0.3, -0.25) is 21.5 Å². The largest absolute Gasteiger partial charge is 0.412 e. The summed E-state index contributed by atoms with van der Waals surface area (Å²) >= 11 is 0. The molecule has 2 aromatic heterocycles. The van der Waals surface area contributed by atoms with Gasteiger partial charge in [-0.2, -0.15) is 0 Å². The van der Waals surface area contributed by atoms with Crippen LogP contribution in [0.25, 0.3) is 0 Å². The van der Waals surface area contributed by atoms with Gasteiger partial charge in [0.2, 0.25) is 5.78 Å². The lowest BCUT2D eigenvalue weighted by atomic mass is 10.3.